The van der Waals surface area contributed by atoms with Crippen molar-refractivity contribution in [1.82, 2.24) is 10.6 Å². The number of rotatable bonds is 6. The van der Waals surface area contributed by atoms with Gasteiger partial charge in [0.25, 0.3) is 0 Å². The fraction of sp³-hybridized carbons (Fsp3) is 0.353. The number of hydrogen-bond donors (Lipinski definition) is 2. The van der Waals surface area contributed by atoms with Crippen molar-refractivity contribution >= 4 is 16.8 Å². The van der Waals surface area contributed by atoms with Gasteiger partial charge in [0.1, 0.15) is 5.75 Å². The minimum Gasteiger partial charge on any atom is -0.497 e. The van der Waals surface area contributed by atoms with E-state index in [-0.39, 0.29) is 6.03 Å². The highest BCUT2D eigenvalue weighted by Gasteiger charge is 2.03. The smallest absolute Gasteiger partial charge is 0.314 e. The number of nitrogens with one attached hydrogen (secondary N) is 2. The van der Waals surface area contributed by atoms with Crippen LogP contribution in [0.4, 0.5) is 4.79 Å². The molecule has 0 aliphatic carbocycles. The second-order valence-corrected chi connectivity index (χ2v) is 4.89. The van der Waals surface area contributed by atoms with Crippen LogP contribution in [-0.4, -0.2) is 26.2 Å². The highest BCUT2D eigenvalue weighted by atomic mass is 16.5. The van der Waals surface area contributed by atoms with Gasteiger partial charge < -0.3 is 15.4 Å². The van der Waals surface area contributed by atoms with E-state index in [0.29, 0.717) is 13.1 Å². The van der Waals surface area contributed by atoms with Crippen molar-refractivity contribution < 1.29 is 9.53 Å². The van der Waals surface area contributed by atoms with Gasteiger partial charge in [-0.1, -0.05) is 24.3 Å². The summed E-state index contributed by atoms with van der Waals surface area (Å²) in [6, 6.07) is 12.3. The standard InChI is InChI=1S/C17H22N2O2/c1-3-18-17(20)19-11-5-8-13-6-4-7-14-9-10-15(21-2)12-16(13)14/h4,6-7,9-10,12H,3,5,8,11H2,1-2H3,(H2,18,19,20). The number of methoxy groups -OCH3 is 1. The monoisotopic (exact) mass is 286 g/mol. The minimum absolute atomic E-state index is 0.0999. The van der Waals surface area contributed by atoms with Crippen LogP contribution in [0.1, 0.15) is 18.9 Å². The topological polar surface area (TPSA) is 50.4 Å². The van der Waals surface area contributed by atoms with Gasteiger partial charge >= 0.3 is 6.03 Å². The zero-order valence-corrected chi connectivity index (χ0v) is 12.6. The van der Waals surface area contributed by atoms with E-state index in [4.69, 9.17) is 4.74 Å². The van der Waals surface area contributed by atoms with Crippen molar-refractivity contribution in [3.63, 3.8) is 0 Å². The number of urea groups is 1. The molecule has 0 fully saturated rings. The molecule has 0 atom stereocenters. The number of aryl methyl sites for hydroxylation is 1. The molecule has 2 amide bonds. The van der Waals surface area contributed by atoms with Crippen LogP contribution in [0, 0.1) is 0 Å². The van der Waals surface area contributed by atoms with Crippen LogP contribution >= 0.6 is 0 Å². The van der Waals surface area contributed by atoms with Crippen molar-refractivity contribution in [2.24, 2.45) is 0 Å². The van der Waals surface area contributed by atoms with Crippen LogP contribution in [-0.2, 0) is 6.42 Å². The largest absolute Gasteiger partial charge is 0.497 e. The minimum atomic E-state index is -0.0999. The van der Waals surface area contributed by atoms with Crippen molar-refractivity contribution in [1.29, 1.82) is 0 Å². The SMILES string of the molecule is CCNC(=O)NCCCc1cccc2ccc(OC)cc12. The van der Waals surface area contributed by atoms with Crippen molar-refractivity contribution in [2.45, 2.75) is 19.8 Å². The molecule has 0 bridgehead atoms. The predicted octanol–water partition coefficient (Wildman–Crippen LogP) is 3.10. The average Bonchev–Trinajstić information content (AvgIpc) is 2.51. The molecule has 21 heavy (non-hydrogen) atoms. The second-order valence-electron chi connectivity index (χ2n) is 4.89. The lowest BCUT2D eigenvalue weighted by Gasteiger charge is -2.09. The van der Waals surface area contributed by atoms with Gasteiger partial charge in [0.05, 0.1) is 7.11 Å². The third-order valence-electron chi connectivity index (χ3n) is 3.43. The molecular weight excluding hydrogens is 264 g/mol. The summed E-state index contributed by atoms with van der Waals surface area (Å²) in [6.07, 6.45) is 1.84. The van der Waals surface area contributed by atoms with Crippen LogP contribution in [0.2, 0.25) is 0 Å². The lowest BCUT2D eigenvalue weighted by molar-refractivity contribution is 0.241. The molecule has 0 spiro atoms. The van der Waals surface area contributed by atoms with Gasteiger partial charge in [-0.15, -0.1) is 0 Å². The highest BCUT2D eigenvalue weighted by molar-refractivity contribution is 5.87. The molecular formula is C17H22N2O2. The second kappa shape index (κ2) is 7.53. The summed E-state index contributed by atoms with van der Waals surface area (Å²) in [6.45, 7) is 3.23. The van der Waals surface area contributed by atoms with Gasteiger partial charge in [-0.25, -0.2) is 4.79 Å². The van der Waals surface area contributed by atoms with E-state index in [1.165, 1.54) is 16.3 Å². The van der Waals surface area contributed by atoms with Crippen LogP contribution in [0.5, 0.6) is 5.75 Å². The lowest BCUT2D eigenvalue weighted by Crippen LogP contribution is -2.35. The van der Waals surface area contributed by atoms with E-state index in [1.54, 1.807) is 7.11 Å². The Labute approximate surface area is 125 Å². The fourth-order valence-electron chi connectivity index (χ4n) is 2.37. The van der Waals surface area contributed by atoms with Gasteiger partial charge in [0.15, 0.2) is 0 Å². The van der Waals surface area contributed by atoms with Crippen molar-refractivity contribution in [2.75, 3.05) is 20.2 Å². The fourth-order valence-corrected chi connectivity index (χ4v) is 2.37. The zero-order valence-electron chi connectivity index (χ0n) is 12.6. The molecule has 112 valence electrons. The lowest BCUT2D eigenvalue weighted by atomic mass is 10.0. The normalized spacial score (nSPS) is 10.4. The quantitative estimate of drug-likeness (QED) is 0.802. The summed E-state index contributed by atoms with van der Waals surface area (Å²) in [7, 11) is 1.68. The number of carbonyl (C=O) groups excluding carboxylic acids is 1. The summed E-state index contributed by atoms with van der Waals surface area (Å²) < 4.78 is 5.30. The Hall–Kier alpha value is -2.23. The molecule has 0 saturated heterocycles. The highest BCUT2D eigenvalue weighted by Crippen LogP contribution is 2.24. The molecule has 2 rings (SSSR count). The van der Waals surface area contributed by atoms with E-state index in [0.717, 1.165) is 18.6 Å². The molecule has 2 aromatic carbocycles. The third kappa shape index (κ3) is 4.12. The third-order valence-corrected chi connectivity index (χ3v) is 3.43. The molecule has 0 aromatic heterocycles. The van der Waals surface area contributed by atoms with Crippen molar-refractivity contribution in [3.05, 3.63) is 42.0 Å². The number of hydrogen-bond acceptors (Lipinski definition) is 2. The molecule has 0 aliphatic rings. The maximum atomic E-state index is 11.3. The van der Waals surface area contributed by atoms with Crippen molar-refractivity contribution in [3.8, 4) is 5.75 Å². The molecule has 0 radical (unpaired) electrons. The van der Waals surface area contributed by atoms with Gasteiger partial charge in [-0.2, -0.15) is 0 Å². The van der Waals surface area contributed by atoms with E-state index < -0.39 is 0 Å². The van der Waals surface area contributed by atoms with E-state index in [9.17, 15) is 4.79 Å². The first kappa shape index (κ1) is 15.2. The first-order chi connectivity index (χ1) is 10.2. The Morgan fingerprint density at radius 3 is 2.81 bits per heavy atom. The molecule has 0 aliphatic heterocycles. The molecule has 4 nitrogen and oxygen atoms in total. The van der Waals surface area contributed by atoms with Crippen LogP contribution in [0.3, 0.4) is 0 Å². The summed E-state index contributed by atoms with van der Waals surface area (Å²) in [5.74, 6) is 0.871. The van der Waals surface area contributed by atoms with Crippen LogP contribution in [0.25, 0.3) is 10.8 Å². The van der Waals surface area contributed by atoms with Gasteiger partial charge in [0, 0.05) is 13.1 Å². The Morgan fingerprint density at radius 2 is 2.05 bits per heavy atom. The number of ether oxygens (including phenoxy) is 1. The summed E-state index contributed by atoms with van der Waals surface area (Å²) in [5, 5.41) is 8.00. The molecule has 2 N–H and O–H groups in total. The first-order valence-electron chi connectivity index (χ1n) is 7.32. The number of fused-ring (bicyclic) bond motifs is 1. The zero-order chi connectivity index (χ0) is 15.1. The average molecular weight is 286 g/mol. The summed E-state index contributed by atoms with van der Waals surface area (Å²) in [4.78, 5) is 11.3. The first-order valence-corrected chi connectivity index (χ1v) is 7.32. The molecule has 0 unspecified atom stereocenters. The predicted molar refractivity (Wildman–Crippen MR) is 85.9 cm³/mol. The Balaban J connectivity index is 1.99. The van der Waals surface area contributed by atoms with Crippen LogP contribution < -0.4 is 15.4 Å². The summed E-state index contributed by atoms with van der Waals surface area (Å²) in [5.41, 5.74) is 1.28. The van der Waals surface area contributed by atoms with E-state index in [1.807, 2.05) is 13.0 Å². The van der Waals surface area contributed by atoms with E-state index >= 15 is 0 Å². The van der Waals surface area contributed by atoms with Gasteiger partial charge in [-0.3, -0.25) is 0 Å². The number of carbonyl (C=O) groups is 1. The Kier molecular flexibility index (Phi) is 5.43. The van der Waals surface area contributed by atoms with Gasteiger partial charge in [-0.05, 0) is 48.2 Å². The molecule has 2 aromatic rings. The summed E-state index contributed by atoms with van der Waals surface area (Å²) >= 11 is 0. The molecule has 0 heterocycles. The van der Waals surface area contributed by atoms with Gasteiger partial charge in [0.2, 0.25) is 0 Å². The Bertz CT molecular complexity index is 611. The van der Waals surface area contributed by atoms with Crippen LogP contribution in [0.15, 0.2) is 36.4 Å². The molecule has 0 saturated carbocycles. The van der Waals surface area contributed by atoms with E-state index in [2.05, 4.69) is 41.0 Å². The maximum Gasteiger partial charge on any atom is 0.314 e. The molecule has 4 heteroatoms. The maximum absolute atomic E-state index is 11.3. The number of amides is 2. The number of benzene rings is 2. The Morgan fingerprint density at radius 1 is 1.19 bits per heavy atom.